The summed E-state index contributed by atoms with van der Waals surface area (Å²) in [5.74, 6) is 0.209. The van der Waals surface area contributed by atoms with Gasteiger partial charge in [0.2, 0.25) is 0 Å². The van der Waals surface area contributed by atoms with Crippen molar-refractivity contribution in [1.29, 1.82) is 0 Å². The Labute approximate surface area is 136 Å². The fraction of sp³-hybridized carbons (Fsp3) is 0.842. The first kappa shape index (κ1) is 21.1. The summed E-state index contributed by atoms with van der Waals surface area (Å²) in [5, 5.41) is 0. The summed E-state index contributed by atoms with van der Waals surface area (Å²) < 4.78 is 17.2. The average Bonchev–Trinajstić information content (AvgIpc) is 2.50. The first-order valence-electron chi connectivity index (χ1n) is 9.07. The molecule has 0 bridgehead atoms. The number of hydrogen-bond donors (Lipinski definition) is 0. The molecule has 1 atom stereocenters. The molecule has 0 aliphatic heterocycles. The van der Waals surface area contributed by atoms with E-state index in [4.69, 9.17) is 4.74 Å². The number of unbranched alkanes of at least 4 members (excludes halogenated alkanes) is 7. The minimum Gasteiger partial charge on any atom is -0.461 e. The minimum atomic E-state index is -0.235. The Morgan fingerprint density at radius 1 is 1.05 bits per heavy atom. The van der Waals surface area contributed by atoms with Crippen molar-refractivity contribution in [3.8, 4) is 0 Å². The van der Waals surface area contributed by atoms with Crippen molar-refractivity contribution >= 4 is 5.97 Å². The molecule has 0 fully saturated rings. The average molecular weight is 314 g/mol. The summed E-state index contributed by atoms with van der Waals surface area (Å²) in [6.07, 6.45) is 15.6. The van der Waals surface area contributed by atoms with Gasteiger partial charge < -0.3 is 4.74 Å². The molecule has 0 amide bonds. The van der Waals surface area contributed by atoms with Gasteiger partial charge in [0.25, 0.3) is 0 Å². The van der Waals surface area contributed by atoms with Crippen LogP contribution in [0.2, 0.25) is 0 Å². The largest absolute Gasteiger partial charge is 0.461 e. The molecule has 3 heteroatoms. The molecule has 2 nitrogen and oxygen atoms in total. The molecule has 0 saturated heterocycles. The van der Waals surface area contributed by atoms with E-state index in [2.05, 4.69) is 19.9 Å². The van der Waals surface area contributed by atoms with Crippen LogP contribution >= 0.6 is 0 Å². The van der Waals surface area contributed by atoms with Crippen molar-refractivity contribution in [1.82, 2.24) is 0 Å². The Morgan fingerprint density at radius 3 is 2.50 bits per heavy atom. The molecule has 22 heavy (non-hydrogen) atoms. The van der Waals surface area contributed by atoms with Gasteiger partial charge in [-0.2, -0.15) is 0 Å². The molecule has 0 aromatic rings. The Kier molecular flexibility index (Phi) is 15.9. The summed E-state index contributed by atoms with van der Waals surface area (Å²) in [4.78, 5) is 11.6. The van der Waals surface area contributed by atoms with Gasteiger partial charge >= 0.3 is 5.97 Å². The summed E-state index contributed by atoms with van der Waals surface area (Å²) in [6.45, 7) is 4.44. The lowest BCUT2D eigenvalue weighted by Crippen LogP contribution is -2.09. The van der Waals surface area contributed by atoms with E-state index in [1.165, 1.54) is 32.1 Å². The molecular formula is C19H35FO2. The summed E-state index contributed by atoms with van der Waals surface area (Å²) in [5.41, 5.74) is 0. The fourth-order valence-corrected chi connectivity index (χ4v) is 2.40. The number of esters is 1. The van der Waals surface area contributed by atoms with Crippen LogP contribution in [0.1, 0.15) is 84.5 Å². The second-order valence-corrected chi connectivity index (χ2v) is 6.20. The number of alkyl halides is 1. The number of carbonyl (C=O) groups excluding carboxylic acids is 1. The second-order valence-electron chi connectivity index (χ2n) is 6.20. The SMILES string of the molecule is CCCCCCC/C=C\COC(=O)CC(C)CCCCCF. The zero-order valence-electron chi connectivity index (χ0n) is 14.6. The lowest BCUT2D eigenvalue weighted by molar-refractivity contribution is -0.143. The van der Waals surface area contributed by atoms with Crippen LogP contribution in [0, 0.1) is 5.92 Å². The van der Waals surface area contributed by atoms with E-state index >= 15 is 0 Å². The lowest BCUT2D eigenvalue weighted by atomic mass is 10.0. The molecule has 0 aromatic carbocycles. The molecule has 0 rings (SSSR count). The Hall–Kier alpha value is -0.860. The van der Waals surface area contributed by atoms with Gasteiger partial charge in [-0.1, -0.05) is 70.9 Å². The van der Waals surface area contributed by atoms with Crippen LogP contribution in [0.5, 0.6) is 0 Å². The van der Waals surface area contributed by atoms with E-state index < -0.39 is 0 Å². The lowest BCUT2D eigenvalue weighted by Gasteiger charge is -2.09. The first-order chi connectivity index (χ1) is 10.7. The summed E-state index contributed by atoms with van der Waals surface area (Å²) in [6, 6.07) is 0. The molecule has 1 unspecified atom stereocenters. The van der Waals surface area contributed by atoms with Gasteiger partial charge in [0.15, 0.2) is 0 Å². The Balaban J connectivity index is 3.44. The van der Waals surface area contributed by atoms with Crippen molar-refractivity contribution < 1.29 is 13.9 Å². The third kappa shape index (κ3) is 15.5. The van der Waals surface area contributed by atoms with Crippen molar-refractivity contribution in [2.45, 2.75) is 84.5 Å². The van der Waals surface area contributed by atoms with Crippen LogP contribution in [0.4, 0.5) is 4.39 Å². The topological polar surface area (TPSA) is 26.3 Å². The van der Waals surface area contributed by atoms with E-state index in [0.717, 1.165) is 25.7 Å². The maximum atomic E-state index is 12.0. The molecule has 0 N–H and O–H groups in total. The predicted molar refractivity (Wildman–Crippen MR) is 91.7 cm³/mol. The number of rotatable bonds is 15. The smallest absolute Gasteiger partial charge is 0.306 e. The van der Waals surface area contributed by atoms with E-state index in [1.807, 2.05) is 6.08 Å². The molecule has 0 spiro atoms. The van der Waals surface area contributed by atoms with Crippen LogP contribution < -0.4 is 0 Å². The zero-order valence-corrected chi connectivity index (χ0v) is 14.6. The number of halogens is 1. The molecule has 0 radical (unpaired) electrons. The van der Waals surface area contributed by atoms with Gasteiger partial charge in [0, 0.05) is 6.42 Å². The van der Waals surface area contributed by atoms with Gasteiger partial charge in [0.05, 0.1) is 6.67 Å². The van der Waals surface area contributed by atoms with E-state index in [-0.39, 0.29) is 12.6 Å². The predicted octanol–water partition coefficient (Wildman–Crippen LogP) is 6.00. The van der Waals surface area contributed by atoms with Gasteiger partial charge in [-0.05, 0) is 25.2 Å². The maximum absolute atomic E-state index is 12.0. The fourth-order valence-electron chi connectivity index (χ4n) is 2.40. The number of allylic oxidation sites excluding steroid dienone is 1. The minimum absolute atomic E-state index is 0.120. The molecule has 0 aromatic heterocycles. The third-order valence-corrected chi connectivity index (χ3v) is 3.83. The zero-order chi connectivity index (χ0) is 16.5. The van der Waals surface area contributed by atoms with Crippen LogP contribution in [-0.2, 0) is 9.53 Å². The quantitative estimate of drug-likeness (QED) is 0.210. The van der Waals surface area contributed by atoms with Crippen molar-refractivity contribution in [2.75, 3.05) is 13.3 Å². The molecule has 0 heterocycles. The number of carbonyl (C=O) groups is 1. The van der Waals surface area contributed by atoms with E-state index in [1.54, 1.807) is 0 Å². The second kappa shape index (κ2) is 16.5. The maximum Gasteiger partial charge on any atom is 0.306 e. The monoisotopic (exact) mass is 314 g/mol. The number of hydrogen-bond acceptors (Lipinski definition) is 2. The normalized spacial score (nSPS) is 12.7. The van der Waals surface area contributed by atoms with E-state index in [0.29, 0.717) is 25.4 Å². The first-order valence-corrected chi connectivity index (χ1v) is 9.07. The molecule has 0 saturated carbocycles. The number of ether oxygens (including phenoxy) is 1. The molecule has 130 valence electrons. The van der Waals surface area contributed by atoms with Crippen LogP contribution in [-0.4, -0.2) is 19.3 Å². The van der Waals surface area contributed by atoms with Crippen molar-refractivity contribution in [3.63, 3.8) is 0 Å². The highest BCUT2D eigenvalue weighted by molar-refractivity contribution is 5.69. The highest BCUT2D eigenvalue weighted by Gasteiger charge is 2.09. The Morgan fingerprint density at radius 2 is 1.77 bits per heavy atom. The van der Waals surface area contributed by atoms with E-state index in [9.17, 15) is 9.18 Å². The van der Waals surface area contributed by atoms with Gasteiger partial charge in [-0.15, -0.1) is 0 Å². The van der Waals surface area contributed by atoms with Gasteiger partial charge in [-0.25, -0.2) is 0 Å². The molecule has 0 aliphatic rings. The van der Waals surface area contributed by atoms with Crippen molar-refractivity contribution in [3.05, 3.63) is 12.2 Å². The highest BCUT2D eigenvalue weighted by atomic mass is 19.1. The third-order valence-electron chi connectivity index (χ3n) is 3.83. The standard InChI is InChI=1S/C19H35FO2/c1-3-4-5-6-7-8-9-13-16-22-19(21)17-18(2)14-11-10-12-15-20/h9,13,18H,3-8,10-12,14-17H2,1-2H3/b13-9-. The highest BCUT2D eigenvalue weighted by Crippen LogP contribution is 2.13. The van der Waals surface area contributed by atoms with Gasteiger partial charge in [0.1, 0.15) is 6.61 Å². The molecular weight excluding hydrogens is 279 g/mol. The van der Waals surface area contributed by atoms with Crippen LogP contribution in [0.3, 0.4) is 0 Å². The van der Waals surface area contributed by atoms with Gasteiger partial charge in [-0.3, -0.25) is 9.18 Å². The van der Waals surface area contributed by atoms with Crippen LogP contribution in [0.15, 0.2) is 12.2 Å². The van der Waals surface area contributed by atoms with Crippen LogP contribution in [0.25, 0.3) is 0 Å². The van der Waals surface area contributed by atoms with Crippen molar-refractivity contribution in [2.24, 2.45) is 5.92 Å². The summed E-state index contributed by atoms with van der Waals surface area (Å²) in [7, 11) is 0. The summed E-state index contributed by atoms with van der Waals surface area (Å²) >= 11 is 0. The Bertz CT molecular complexity index is 277. The molecule has 0 aliphatic carbocycles.